The molecule has 5 rings (SSSR count). The third-order valence-electron chi connectivity index (χ3n) is 6.07. The molecule has 1 fully saturated rings. The minimum atomic E-state index is -0.346. The molecule has 3 aromatic heterocycles. The van der Waals surface area contributed by atoms with E-state index in [0.717, 1.165) is 51.0 Å². The number of fused-ring (bicyclic) bond motifs is 2. The van der Waals surface area contributed by atoms with Crippen molar-refractivity contribution >= 4 is 50.4 Å². The van der Waals surface area contributed by atoms with E-state index in [1.54, 1.807) is 11.3 Å². The average molecular weight is 486 g/mol. The van der Waals surface area contributed by atoms with E-state index in [-0.39, 0.29) is 12.0 Å². The molecule has 0 saturated carbocycles. The summed E-state index contributed by atoms with van der Waals surface area (Å²) in [6.45, 7) is 7.09. The highest BCUT2D eigenvalue weighted by Gasteiger charge is 2.23. The van der Waals surface area contributed by atoms with Gasteiger partial charge >= 0.3 is 0 Å². The Morgan fingerprint density at radius 3 is 2.97 bits per heavy atom. The third-order valence-corrected chi connectivity index (χ3v) is 7.34. The fourth-order valence-electron chi connectivity index (χ4n) is 4.16. The number of nitrogens with zero attached hydrogens (tertiary/aromatic N) is 4. The van der Waals surface area contributed by atoms with Crippen molar-refractivity contribution in [3.63, 3.8) is 0 Å². The number of piperidine rings is 1. The molecule has 4 heterocycles. The van der Waals surface area contributed by atoms with Crippen LogP contribution >= 0.6 is 22.9 Å². The van der Waals surface area contributed by atoms with E-state index < -0.39 is 0 Å². The molecular formula is C23H28ClN7OS. The van der Waals surface area contributed by atoms with E-state index in [4.69, 9.17) is 21.6 Å². The largest absolute Gasteiger partial charge is 0.391 e. The van der Waals surface area contributed by atoms with Gasteiger partial charge in [0.1, 0.15) is 16.6 Å². The van der Waals surface area contributed by atoms with Crippen molar-refractivity contribution in [2.75, 3.05) is 30.3 Å². The monoisotopic (exact) mass is 485 g/mol. The molecule has 1 aliphatic heterocycles. The van der Waals surface area contributed by atoms with Crippen molar-refractivity contribution in [1.82, 2.24) is 24.9 Å². The molecule has 8 nitrogen and oxygen atoms in total. The topological polar surface area (TPSA) is 99.4 Å². The Labute approximate surface area is 201 Å². The van der Waals surface area contributed by atoms with Gasteiger partial charge in [-0.15, -0.1) is 11.3 Å². The first-order valence-electron chi connectivity index (χ1n) is 11.3. The Hall–Kier alpha value is -2.46. The Morgan fingerprint density at radius 1 is 1.27 bits per heavy atom. The number of thiazole rings is 1. The molecule has 0 bridgehead atoms. The van der Waals surface area contributed by atoms with Gasteiger partial charge in [-0.2, -0.15) is 9.61 Å². The second kappa shape index (κ2) is 9.42. The van der Waals surface area contributed by atoms with Crippen molar-refractivity contribution in [2.24, 2.45) is 5.92 Å². The van der Waals surface area contributed by atoms with Gasteiger partial charge in [0.25, 0.3) is 0 Å². The van der Waals surface area contributed by atoms with Gasteiger partial charge in [0.2, 0.25) is 0 Å². The molecule has 33 heavy (non-hydrogen) atoms. The van der Waals surface area contributed by atoms with Crippen LogP contribution in [0.3, 0.4) is 0 Å². The highest BCUT2D eigenvalue weighted by molar-refractivity contribution is 7.18. The van der Waals surface area contributed by atoms with Crippen LogP contribution in [-0.4, -0.2) is 50.4 Å². The molecule has 0 spiro atoms. The van der Waals surface area contributed by atoms with E-state index in [2.05, 4.69) is 34.9 Å². The highest BCUT2D eigenvalue weighted by Crippen LogP contribution is 2.27. The van der Waals surface area contributed by atoms with Gasteiger partial charge in [-0.05, 0) is 37.1 Å². The maximum Gasteiger partial charge on any atom is 0.163 e. The van der Waals surface area contributed by atoms with Crippen LogP contribution in [0.25, 0.3) is 15.9 Å². The number of rotatable bonds is 7. The number of benzene rings is 1. The summed E-state index contributed by atoms with van der Waals surface area (Å²) < 4.78 is 2.96. The van der Waals surface area contributed by atoms with Gasteiger partial charge in [0.05, 0.1) is 29.1 Å². The molecule has 2 atom stereocenters. The van der Waals surface area contributed by atoms with Gasteiger partial charge in [0, 0.05) is 35.7 Å². The average Bonchev–Trinajstić information content (AvgIpc) is 3.40. The number of aliphatic hydroxyl groups excluding tert-OH is 1. The van der Waals surface area contributed by atoms with Gasteiger partial charge in [-0.1, -0.05) is 25.4 Å². The van der Waals surface area contributed by atoms with Crippen molar-refractivity contribution in [2.45, 2.75) is 38.8 Å². The highest BCUT2D eigenvalue weighted by atomic mass is 35.5. The Bertz CT molecular complexity index is 1270. The van der Waals surface area contributed by atoms with Crippen LogP contribution in [0.15, 0.2) is 30.5 Å². The SMILES string of the molecule is CC(C)c1cnn2c(NCc3nc4cc(Cl)ccc4s3)cc(NC[C@H]3CCNC[C@@H]3O)nc12. The van der Waals surface area contributed by atoms with Gasteiger partial charge in [-0.3, -0.25) is 0 Å². The Morgan fingerprint density at radius 2 is 2.15 bits per heavy atom. The quantitative estimate of drug-likeness (QED) is 0.312. The summed E-state index contributed by atoms with van der Waals surface area (Å²) in [5.41, 5.74) is 2.84. The van der Waals surface area contributed by atoms with Crippen molar-refractivity contribution < 1.29 is 5.11 Å². The normalized spacial score (nSPS) is 18.9. The lowest BCUT2D eigenvalue weighted by molar-refractivity contribution is 0.0883. The Kier molecular flexibility index (Phi) is 6.38. The fourth-order valence-corrected chi connectivity index (χ4v) is 5.22. The molecule has 4 aromatic rings. The van der Waals surface area contributed by atoms with Gasteiger partial charge in [-0.25, -0.2) is 9.97 Å². The number of halogens is 1. The van der Waals surface area contributed by atoms with Crippen molar-refractivity contribution in [3.8, 4) is 0 Å². The predicted octanol–water partition coefficient (Wildman–Crippen LogP) is 4.11. The molecule has 1 saturated heterocycles. The molecule has 0 aliphatic carbocycles. The number of anilines is 2. The molecule has 4 N–H and O–H groups in total. The summed E-state index contributed by atoms with van der Waals surface area (Å²) >= 11 is 7.76. The number of β-amino-alcohol motifs (C(OH)–C–C–N with tert-alkyl or cyclic N) is 1. The standard InChI is InChI=1S/C23H28ClN7OS/c1-13(2)16-10-28-31-21(27-12-22-29-17-7-15(24)3-4-19(17)33-22)8-20(30-23(16)31)26-9-14-5-6-25-11-18(14)32/h3-4,7-8,10,13-14,18,25,27,32H,5-6,9,11-12H2,1-2H3,(H,26,30)/t14-,18+/m1/s1. The second-order valence-electron chi connectivity index (χ2n) is 8.79. The molecule has 0 unspecified atom stereocenters. The number of hydrogen-bond acceptors (Lipinski definition) is 8. The minimum Gasteiger partial charge on any atom is -0.391 e. The first-order chi connectivity index (χ1) is 16.0. The number of hydrogen-bond donors (Lipinski definition) is 4. The number of aromatic nitrogens is 4. The molecule has 1 aliphatic rings. The molecule has 174 valence electrons. The minimum absolute atomic E-state index is 0.199. The molecule has 1 aromatic carbocycles. The maximum absolute atomic E-state index is 10.3. The van der Waals surface area contributed by atoms with Gasteiger partial charge in [0.15, 0.2) is 5.65 Å². The summed E-state index contributed by atoms with van der Waals surface area (Å²) in [6.07, 6.45) is 2.48. The zero-order valence-corrected chi connectivity index (χ0v) is 20.2. The third kappa shape index (κ3) is 4.77. The fraction of sp³-hybridized carbons (Fsp3) is 0.435. The molecule has 0 radical (unpaired) electrons. The van der Waals surface area contributed by atoms with Crippen LogP contribution in [0.4, 0.5) is 11.6 Å². The predicted molar refractivity (Wildman–Crippen MR) is 135 cm³/mol. The summed E-state index contributed by atoms with van der Waals surface area (Å²) in [4.78, 5) is 9.56. The van der Waals surface area contributed by atoms with E-state index in [1.165, 1.54) is 0 Å². The number of aliphatic hydroxyl groups is 1. The van der Waals surface area contributed by atoms with Crippen LogP contribution in [0.2, 0.25) is 5.02 Å². The van der Waals surface area contributed by atoms with Crippen molar-refractivity contribution in [3.05, 3.63) is 46.1 Å². The van der Waals surface area contributed by atoms with E-state index >= 15 is 0 Å². The van der Waals surface area contributed by atoms with E-state index in [1.807, 2.05) is 35.0 Å². The Balaban J connectivity index is 1.40. The van der Waals surface area contributed by atoms with E-state index in [9.17, 15) is 5.11 Å². The van der Waals surface area contributed by atoms with Crippen LogP contribution in [-0.2, 0) is 6.54 Å². The molecule has 10 heteroatoms. The lowest BCUT2D eigenvalue weighted by atomic mass is 9.95. The lowest BCUT2D eigenvalue weighted by Gasteiger charge is -2.28. The van der Waals surface area contributed by atoms with Crippen LogP contribution in [0.5, 0.6) is 0 Å². The zero-order chi connectivity index (χ0) is 22.9. The summed E-state index contributed by atoms with van der Waals surface area (Å²) in [6, 6.07) is 7.76. The molecule has 0 amide bonds. The number of nitrogens with one attached hydrogen (secondary N) is 3. The zero-order valence-electron chi connectivity index (χ0n) is 18.7. The van der Waals surface area contributed by atoms with Crippen molar-refractivity contribution in [1.29, 1.82) is 0 Å². The van der Waals surface area contributed by atoms with Crippen LogP contribution in [0.1, 0.15) is 36.8 Å². The second-order valence-corrected chi connectivity index (χ2v) is 10.3. The first-order valence-corrected chi connectivity index (χ1v) is 12.5. The summed E-state index contributed by atoms with van der Waals surface area (Å²) in [7, 11) is 0. The van der Waals surface area contributed by atoms with Crippen LogP contribution in [0, 0.1) is 5.92 Å². The van der Waals surface area contributed by atoms with Crippen LogP contribution < -0.4 is 16.0 Å². The lowest BCUT2D eigenvalue weighted by Crippen LogP contribution is -2.43. The van der Waals surface area contributed by atoms with E-state index in [0.29, 0.717) is 30.6 Å². The van der Waals surface area contributed by atoms with Gasteiger partial charge < -0.3 is 21.1 Å². The smallest absolute Gasteiger partial charge is 0.163 e. The molecular weight excluding hydrogens is 458 g/mol. The summed E-state index contributed by atoms with van der Waals surface area (Å²) in [5, 5.41) is 26.7. The first kappa shape index (κ1) is 22.3. The summed E-state index contributed by atoms with van der Waals surface area (Å²) in [5.74, 6) is 2.12. The maximum atomic E-state index is 10.3.